The molecule has 0 aliphatic heterocycles. The molecular weight excluding hydrogens is 448 g/mol. The lowest BCUT2D eigenvalue weighted by Gasteiger charge is -2.16. The van der Waals surface area contributed by atoms with E-state index in [9.17, 15) is 4.39 Å². The molecule has 0 saturated carbocycles. The maximum Gasteiger partial charge on any atom is 0.180 e. The van der Waals surface area contributed by atoms with Gasteiger partial charge in [-0.2, -0.15) is 0 Å². The lowest BCUT2D eigenvalue weighted by molar-refractivity contribution is 0.266. The molecule has 0 aliphatic rings. The smallest absolute Gasteiger partial charge is 0.180 e. The number of nitrogens with one attached hydrogen (secondary N) is 1. The van der Waals surface area contributed by atoms with Gasteiger partial charge in [-0.05, 0) is 42.3 Å². The van der Waals surface area contributed by atoms with Crippen LogP contribution in [0.3, 0.4) is 0 Å². The van der Waals surface area contributed by atoms with Crippen molar-refractivity contribution in [3.8, 4) is 11.5 Å². The van der Waals surface area contributed by atoms with Gasteiger partial charge in [0.1, 0.15) is 12.4 Å². The Morgan fingerprint density at radius 3 is 2.27 bits per heavy atom. The highest BCUT2D eigenvalue weighted by atomic mass is 35.5. The Bertz CT molecular complexity index is 969. The monoisotopic (exact) mass is 469 g/mol. The lowest BCUT2D eigenvalue weighted by atomic mass is 10.1. The second-order valence-electron chi connectivity index (χ2n) is 6.41. The molecule has 0 radical (unpaired) electrons. The number of hydrogen-bond acceptors (Lipinski definition) is 3. The molecule has 3 nitrogen and oxygen atoms in total. The molecule has 0 aromatic heterocycles. The zero-order valence-corrected chi connectivity index (χ0v) is 18.8. The van der Waals surface area contributed by atoms with Crippen molar-refractivity contribution in [1.82, 2.24) is 5.32 Å². The summed E-state index contributed by atoms with van der Waals surface area (Å²) in [6.07, 6.45) is 0. The first kappa shape index (κ1) is 24.3. The number of ether oxygens (including phenoxy) is 2. The molecule has 0 unspecified atom stereocenters. The zero-order chi connectivity index (χ0) is 20.6. The van der Waals surface area contributed by atoms with Crippen molar-refractivity contribution < 1.29 is 13.9 Å². The Morgan fingerprint density at radius 1 is 0.867 bits per heavy atom. The van der Waals surface area contributed by atoms with Crippen LogP contribution in [0, 0.1) is 5.82 Å². The Hall–Kier alpha value is -1.98. The van der Waals surface area contributed by atoms with Gasteiger partial charge in [0.25, 0.3) is 0 Å². The topological polar surface area (TPSA) is 30.5 Å². The number of benzene rings is 3. The standard InChI is InChI=1S/C23H22Cl2FNO2.ClH/c1-2-28-22-12-16(13-27-14-17-7-3-5-9-19(17)24)11-20(25)23(22)29-15-18-8-4-6-10-21(18)26;/h3-12,27H,2,13-15H2,1H3;1H. The Kier molecular flexibility index (Phi) is 9.73. The van der Waals surface area contributed by atoms with Crippen LogP contribution < -0.4 is 14.8 Å². The maximum atomic E-state index is 13.9. The van der Waals surface area contributed by atoms with Crippen LogP contribution in [0.15, 0.2) is 60.7 Å². The average molecular weight is 471 g/mol. The van der Waals surface area contributed by atoms with Gasteiger partial charge in [-0.15, -0.1) is 12.4 Å². The van der Waals surface area contributed by atoms with Crippen LogP contribution in [0.2, 0.25) is 10.0 Å². The van der Waals surface area contributed by atoms with Gasteiger partial charge in [0.05, 0.1) is 11.6 Å². The third-order valence-electron chi connectivity index (χ3n) is 4.30. The molecule has 0 fully saturated rings. The Balaban J connectivity index is 0.00000320. The van der Waals surface area contributed by atoms with Crippen LogP contribution in [0.4, 0.5) is 4.39 Å². The van der Waals surface area contributed by atoms with Crippen molar-refractivity contribution in [1.29, 1.82) is 0 Å². The quantitative estimate of drug-likeness (QED) is 0.372. The molecule has 0 atom stereocenters. The van der Waals surface area contributed by atoms with E-state index in [4.69, 9.17) is 32.7 Å². The second-order valence-corrected chi connectivity index (χ2v) is 7.23. The fourth-order valence-electron chi connectivity index (χ4n) is 2.88. The van der Waals surface area contributed by atoms with E-state index < -0.39 is 0 Å². The van der Waals surface area contributed by atoms with E-state index in [1.807, 2.05) is 43.3 Å². The first-order chi connectivity index (χ1) is 14.1. The van der Waals surface area contributed by atoms with Crippen molar-refractivity contribution in [2.45, 2.75) is 26.6 Å². The minimum absolute atomic E-state index is 0. The van der Waals surface area contributed by atoms with E-state index in [0.29, 0.717) is 41.8 Å². The van der Waals surface area contributed by atoms with Crippen LogP contribution in [0.25, 0.3) is 0 Å². The van der Waals surface area contributed by atoms with Crippen molar-refractivity contribution in [3.63, 3.8) is 0 Å². The lowest BCUT2D eigenvalue weighted by Crippen LogP contribution is -2.13. The molecule has 0 aliphatic carbocycles. The van der Waals surface area contributed by atoms with Gasteiger partial charge in [-0.1, -0.05) is 59.6 Å². The summed E-state index contributed by atoms with van der Waals surface area (Å²) in [6, 6.07) is 17.9. The van der Waals surface area contributed by atoms with Gasteiger partial charge in [0.2, 0.25) is 0 Å². The van der Waals surface area contributed by atoms with Crippen LogP contribution >= 0.6 is 35.6 Å². The number of rotatable bonds is 9. The molecule has 3 aromatic rings. The molecule has 0 bridgehead atoms. The van der Waals surface area contributed by atoms with E-state index >= 15 is 0 Å². The predicted molar refractivity (Wildman–Crippen MR) is 123 cm³/mol. The van der Waals surface area contributed by atoms with E-state index in [1.54, 1.807) is 18.2 Å². The molecule has 7 heteroatoms. The summed E-state index contributed by atoms with van der Waals surface area (Å²) in [4.78, 5) is 0. The summed E-state index contributed by atoms with van der Waals surface area (Å²) in [7, 11) is 0. The maximum absolute atomic E-state index is 13.9. The summed E-state index contributed by atoms with van der Waals surface area (Å²) < 4.78 is 25.4. The SMILES string of the molecule is CCOc1cc(CNCc2ccccc2Cl)cc(Cl)c1OCc1ccccc1F.Cl. The van der Waals surface area contributed by atoms with E-state index in [-0.39, 0.29) is 24.8 Å². The van der Waals surface area contributed by atoms with Crippen LogP contribution in [0.1, 0.15) is 23.6 Å². The normalized spacial score (nSPS) is 10.4. The number of halogens is 4. The Morgan fingerprint density at radius 2 is 1.57 bits per heavy atom. The second kappa shape index (κ2) is 12.0. The molecule has 160 valence electrons. The highest BCUT2D eigenvalue weighted by Gasteiger charge is 2.14. The van der Waals surface area contributed by atoms with E-state index in [2.05, 4.69) is 5.32 Å². The van der Waals surface area contributed by atoms with E-state index in [0.717, 1.165) is 16.1 Å². The molecule has 0 heterocycles. The summed E-state index contributed by atoms with van der Waals surface area (Å²) in [5, 5.41) is 4.50. The first-order valence-corrected chi connectivity index (χ1v) is 10.1. The molecule has 0 saturated heterocycles. The summed E-state index contributed by atoms with van der Waals surface area (Å²) >= 11 is 12.6. The van der Waals surface area contributed by atoms with Crippen LogP contribution in [0.5, 0.6) is 11.5 Å². The minimum atomic E-state index is -0.318. The molecule has 30 heavy (non-hydrogen) atoms. The van der Waals surface area contributed by atoms with E-state index in [1.165, 1.54) is 6.07 Å². The third-order valence-corrected chi connectivity index (χ3v) is 4.95. The fraction of sp³-hybridized carbons (Fsp3) is 0.217. The van der Waals surface area contributed by atoms with Gasteiger partial charge in [0.15, 0.2) is 11.5 Å². The molecule has 3 rings (SSSR count). The highest BCUT2D eigenvalue weighted by molar-refractivity contribution is 6.32. The van der Waals surface area contributed by atoms with Crippen LogP contribution in [-0.2, 0) is 19.7 Å². The van der Waals surface area contributed by atoms with Crippen molar-refractivity contribution in [2.75, 3.05) is 6.61 Å². The van der Waals surface area contributed by atoms with Gasteiger partial charge < -0.3 is 14.8 Å². The summed E-state index contributed by atoms with van der Waals surface area (Å²) in [6.45, 7) is 3.63. The number of hydrogen-bond donors (Lipinski definition) is 1. The minimum Gasteiger partial charge on any atom is -0.490 e. The summed E-state index contributed by atoms with van der Waals surface area (Å²) in [5.74, 6) is 0.625. The predicted octanol–water partition coefficient (Wildman–Crippen LogP) is 6.82. The highest BCUT2D eigenvalue weighted by Crippen LogP contribution is 2.37. The Labute approximate surface area is 192 Å². The third kappa shape index (κ3) is 6.51. The fourth-order valence-corrected chi connectivity index (χ4v) is 3.37. The average Bonchev–Trinajstić information content (AvgIpc) is 2.70. The molecule has 1 N–H and O–H groups in total. The van der Waals surface area contributed by atoms with Gasteiger partial charge >= 0.3 is 0 Å². The molecule has 0 amide bonds. The summed E-state index contributed by atoms with van der Waals surface area (Å²) in [5.41, 5.74) is 2.43. The first-order valence-electron chi connectivity index (χ1n) is 9.34. The van der Waals surface area contributed by atoms with Crippen molar-refractivity contribution >= 4 is 35.6 Å². The largest absolute Gasteiger partial charge is 0.490 e. The molecule has 3 aromatic carbocycles. The van der Waals surface area contributed by atoms with Gasteiger partial charge in [-0.3, -0.25) is 0 Å². The molecular formula is C23H23Cl3FNO2. The van der Waals surface area contributed by atoms with Crippen LogP contribution in [-0.4, -0.2) is 6.61 Å². The van der Waals surface area contributed by atoms with Crippen molar-refractivity contribution in [2.24, 2.45) is 0 Å². The molecule has 0 spiro atoms. The zero-order valence-electron chi connectivity index (χ0n) is 16.5. The van der Waals surface area contributed by atoms with Gasteiger partial charge in [0, 0.05) is 23.7 Å². The van der Waals surface area contributed by atoms with Gasteiger partial charge in [-0.25, -0.2) is 4.39 Å². The van der Waals surface area contributed by atoms with Crippen molar-refractivity contribution in [3.05, 3.63) is 93.2 Å².